The van der Waals surface area contributed by atoms with E-state index in [9.17, 15) is 17.6 Å². The molecule has 0 spiro atoms. The molecule has 6 heteroatoms. The molecule has 96 valence electrons. The normalized spacial score (nSPS) is 11.5. The number of hydrogen-bond acceptors (Lipinski definition) is 1. The first-order valence-corrected chi connectivity index (χ1v) is 5.56. The highest BCUT2D eigenvalue weighted by Gasteiger charge is 2.13. The van der Waals surface area contributed by atoms with Gasteiger partial charge in [0.05, 0.1) is 6.54 Å². The van der Waals surface area contributed by atoms with Crippen molar-refractivity contribution in [1.82, 2.24) is 4.90 Å². The molecule has 0 heterocycles. The zero-order valence-corrected chi connectivity index (χ0v) is 9.73. The highest BCUT2D eigenvalue weighted by molar-refractivity contribution is 6.18. The van der Waals surface area contributed by atoms with Crippen molar-refractivity contribution in [3.05, 3.63) is 35.4 Å². The predicted molar refractivity (Wildman–Crippen MR) is 58.4 cm³/mol. The van der Waals surface area contributed by atoms with Crippen LogP contribution in [0.4, 0.5) is 17.6 Å². The Morgan fingerprint density at radius 3 is 2.18 bits per heavy atom. The molecular weight excluding hydrogens is 258 g/mol. The second-order valence-corrected chi connectivity index (χ2v) is 3.97. The van der Waals surface area contributed by atoms with Crippen LogP contribution < -0.4 is 0 Å². The molecule has 0 aromatic heterocycles. The molecule has 0 bridgehead atoms. The Hall–Kier alpha value is -0.810. The van der Waals surface area contributed by atoms with Crippen molar-refractivity contribution in [3.8, 4) is 0 Å². The monoisotopic (exact) mass is 269 g/mol. The number of rotatable bonds is 6. The van der Waals surface area contributed by atoms with E-state index in [1.165, 1.54) is 4.90 Å². The molecule has 0 amide bonds. The largest absolute Gasteiger partial charge is 0.292 e. The number of hydrogen-bond donors (Lipinski definition) is 0. The summed E-state index contributed by atoms with van der Waals surface area (Å²) in [5.41, 5.74) is 0.313. The van der Waals surface area contributed by atoms with E-state index in [0.717, 1.165) is 18.2 Å². The van der Waals surface area contributed by atoms with Gasteiger partial charge < -0.3 is 0 Å². The highest BCUT2D eigenvalue weighted by atomic mass is 35.5. The third-order valence-electron chi connectivity index (χ3n) is 2.13. The van der Waals surface area contributed by atoms with E-state index in [1.54, 1.807) is 0 Å². The smallest absolute Gasteiger partial charge is 0.251 e. The molecule has 1 aromatic rings. The molecule has 1 rings (SSSR count). The van der Waals surface area contributed by atoms with Gasteiger partial charge in [-0.1, -0.05) is 0 Å². The zero-order chi connectivity index (χ0) is 12.8. The van der Waals surface area contributed by atoms with E-state index in [-0.39, 0.29) is 19.0 Å². The molecule has 0 fully saturated rings. The fourth-order valence-corrected chi connectivity index (χ4v) is 1.75. The van der Waals surface area contributed by atoms with Gasteiger partial charge in [-0.3, -0.25) is 4.90 Å². The van der Waals surface area contributed by atoms with Gasteiger partial charge in [0.25, 0.3) is 6.43 Å². The summed E-state index contributed by atoms with van der Waals surface area (Å²) in [4.78, 5) is 1.35. The third-order valence-corrected chi connectivity index (χ3v) is 2.29. The van der Waals surface area contributed by atoms with Gasteiger partial charge in [-0.05, 0) is 17.7 Å². The van der Waals surface area contributed by atoms with Crippen LogP contribution >= 0.6 is 11.6 Å². The van der Waals surface area contributed by atoms with E-state index < -0.39 is 24.6 Å². The van der Waals surface area contributed by atoms with Gasteiger partial charge in [0.15, 0.2) is 0 Å². The second kappa shape index (κ2) is 6.81. The topological polar surface area (TPSA) is 3.24 Å². The van der Waals surface area contributed by atoms with Crippen LogP contribution in [0.15, 0.2) is 18.2 Å². The maximum atomic E-state index is 12.9. The minimum absolute atomic E-state index is 0.0474. The average molecular weight is 270 g/mol. The maximum absolute atomic E-state index is 12.9. The van der Waals surface area contributed by atoms with E-state index in [0.29, 0.717) is 5.56 Å². The lowest BCUT2D eigenvalue weighted by Crippen LogP contribution is -2.30. The molecule has 0 saturated carbocycles. The SMILES string of the molecule is Fc1cc(F)cc(CN(CCCl)CC(F)F)c1. The molecule has 17 heavy (non-hydrogen) atoms. The molecule has 0 N–H and O–H groups in total. The molecule has 0 unspecified atom stereocenters. The van der Waals surface area contributed by atoms with Gasteiger partial charge in [-0.15, -0.1) is 11.6 Å². The fraction of sp³-hybridized carbons (Fsp3) is 0.455. The van der Waals surface area contributed by atoms with Crippen LogP contribution in [0.2, 0.25) is 0 Å². The molecule has 0 aliphatic carbocycles. The van der Waals surface area contributed by atoms with E-state index in [1.807, 2.05) is 0 Å². The Morgan fingerprint density at radius 2 is 1.71 bits per heavy atom. The maximum Gasteiger partial charge on any atom is 0.251 e. The molecule has 1 aromatic carbocycles. The summed E-state index contributed by atoms with van der Waals surface area (Å²) in [5, 5.41) is 0. The van der Waals surface area contributed by atoms with Gasteiger partial charge in [0.1, 0.15) is 11.6 Å². The van der Waals surface area contributed by atoms with Crippen LogP contribution in [0.25, 0.3) is 0 Å². The fourth-order valence-electron chi connectivity index (χ4n) is 1.51. The third kappa shape index (κ3) is 5.37. The van der Waals surface area contributed by atoms with Crippen molar-refractivity contribution in [2.24, 2.45) is 0 Å². The number of nitrogens with zero attached hydrogens (tertiary/aromatic N) is 1. The van der Waals surface area contributed by atoms with Crippen LogP contribution in [-0.2, 0) is 6.54 Å². The molecule has 1 nitrogen and oxygen atoms in total. The Labute approximate surface area is 102 Å². The molecule has 0 aliphatic rings. The first-order chi connectivity index (χ1) is 8.01. The zero-order valence-electron chi connectivity index (χ0n) is 8.97. The van der Waals surface area contributed by atoms with Crippen LogP contribution in [0.5, 0.6) is 0 Å². The highest BCUT2D eigenvalue weighted by Crippen LogP contribution is 2.11. The standard InChI is InChI=1S/C11H12ClF4N/c12-1-2-17(7-11(15)16)6-8-3-9(13)5-10(14)4-8/h3-5,11H,1-2,6-7H2. The van der Waals surface area contributed by atoms with Crippen molar-refractivity contribution >= 4 is 11.6 Å². The first-order valence-electron chi connectivity index (χ1n) is 5.02. The van der Waals surface area contributed by atoms with Crippen molar-refractivity contribution in [3.63, 3.8) is 0 Å². The second-order valence-electron chi connectivity index (χ2n) is 3.59. The average Bonchev–Trinajstić information content (AvgIpc) is 2.14. The molecular formula is C11H12ClF4N. The lowest BCUT2D eigenvalue weighted by Gasteiger charge is -2.20. The number of alkyl halides is 3. The van der Waals surface area contributed by atoms with E-state index in [2.05, 4.69) is 0 Å². The van der Waals surface area contributed by atoms with Crippen molar-refractivity contribution in [2.45, 2.75) is 13.0 Å². The van der Waals surface area contributed by atoms with Gasteiger partial charge in [0, 0.05) is 25.0 Å². The Bertz CT molecular complexity index is 339. The Kier molecular flexibility index (Phi) is 5.71. The quantitative estimate of drug-likeness (QED) is 0.566. The van der Waals surface area contributed by atoms with E-state index >= 15 is 0 Å². The summed E-state index contributed by atoms with van der Waals surface area (Å²) < 4.78 is 50.3. The number of halogens is 5. The molecule has 0 atom stereocenters. The molecule has 0 saturated heterocycles. The predicted octanol–water partition coefficient (Wildman–Crippen LogP) is 3.27. The lowest BCUT2D eigenvalue weighted by molar-refractivity contribution is 0.0878. The van der Waals surface area contributed by atoms with Gasteiger partial charge >= 0.3 is 0 Å². The van der Waals surface area contributed by atoms with Crippen molar-refractivity contribution < 1.29 is 17.6 Å². The Balaban J connectivity index is 2.70. The molecule has 0 aliphatic heterocycles. The van der Waals surface area contributed by atoms with Crippen LogP contribution in [0, 0.1) is 11.6 Å². The lowest BCUT2D eigenvalue weighted by atomic mass is 10.2. The minimum atomic E-state index is -2.50. The Morgan fingerprint density at radius 1 is 1.12 bits per heavy atom. The van der Waals surface area contributed by atoms with Gasteiger partial charge in [0.2, 0.25) is 0 Å². The summed E-state index contributed by atoms with van der Waals surface area (Å²) in [7, 11) is 0. The minimum Gasteiger partial charge on any atom is -0.292 e. The van der Waals surface area contributed by atoms with Gasteiger partial charge in [-0.2, -0.15) is 0 Å². The first kappa shape index (κ1) is 14.3. The van der Waals surface area contributed by atoms with Crippen LogP contribution in [-0.4, -0.2) is 30.3 Å². The van der Waals surface area contributed by atoms with Crippen LogP contribution in [0.3, 0.4) is 0 Å². The van der Waals surface area contributed by atoms with Crippen molar-refractivity contribution in [1.29, 1.82) is 0 Å². The van der Waals surface area contributed by atoms with Crippen molar-refractivity contribution in [2.75, 3.05) is 19.0 Å². The summed E-state index contributed by atoms with van der Waals surface area (Å²) in [6, 6.07) is 2.98. The summed E-state index contributed by atoms with van der Waals surface area (Å²) >= 11 is 5.47. The van der Waals surface area contributed by atoms with E-state index in [4.69, 9.17) is 11.6 Å². The summed E-state index contributed by atoms with van der Waals surface area (Å²) in [5.74, 6) is -1.25. The number of benzene rings is 1. The van der Waals surface area contributed by atoms with Crippen LogP contribution in [0.1, 0.15) is 5.56 Å². The van der Waals surface area contributed by atoms with Gasteiger partial charge in [-0.25, -0.2) is 17.6 Å². The molecule has 0 radical (unpaired) electrons. The summed E-state index contributed by atoms with van der Waals surface area (Å²) in [6.45, 7) is -0.180. The summed E-state index contributed by atoms with van der Waals surface area (Å²) in [6.07, 6.45) is -2.50.